The highest BCUT2D eigenvalue weighted by atomic mass is 32.1. The summed E-state index contributed by atoms with van der Waals surface area (Å²) in [5.41, 5.74) is 0.508. The van der Waals surface area contributed by atoms with Crippen LogP contribution in [0.2, 0.25) is 0 Å². The molecule has 196 valence electrons. The Kier molecular flexibility index (Phi) is 7.97. The van der Waals surface area contributed by atoms with Gasteiger partial charge in [-0.1, -0.05) is 0 Å². The van der Waals surface area contributed by atoms with E-state index in [4.69, 9.17) is 13.9 Å². The number of nitrogens with zero attached hydrogens (tertiary/aromatic N) is 3. The van der Waals surface area contributed by atoms with E-state index in [0.717, 1.165) is 20.7 Å². The monoisotopic (exact) mass is 516 g/mol. The van der Waals surface area contributed by atoms with Crippen molar-refractivity contribution in [3.63, 3.8) is 0 Å². The van der Waals surface area contributed by atoms with Crippen molar-refractivity contribution in [1.82, 2.24) is 15.3 Å². The molecule has 1 N–H and O–H groups in total. The number of amides is 2. The van der Waals surface area contributed by atoms with Crippen LogP contribution in [0, 0.1) is 13.8 Å². The quantitative estimate of drug-likeness (QED) is 0.410. The van der Waals surface area contributed by atoms with Crippen LogP contribution in [0.3, 0.4) is 0 Å². The first-order valence-electron chi connectivity index (χ1n) is 11.9. The van der Waals surface area contributed by atoms with E-state index in [-0.39, 0.29) is 12.6 Å². The molecule has 0 saturated carbocycles. The Bertz CT molecular complexity index is 1220. The molecule has 0 fully saturated rings. The second-order valence-corrected chi connectivity index (χ2v) is 11.9. The number of hydrogen-bond acceptors (Lipinski definition) is 8. The lowest BCUT2D eigenvalue weighted by atomic mass is 10.1. The summed E-state index contributed by atoms with van der Waals surface area (Å²) >= 11 is 1.51. The second-order valence-electron chi connectivity index (χ2n) is 10.8. The molecule has 3 rings (SSSR count). The predicted molar refractivity (Wildman–Crippen MR) is 141 cm³/mol. The molecule has 0 aromatic carbocycles. The average molecular weight is 517 g/mol. The predicted octanol–water partition coefficient (Wildman–Crippen LogP) is 6.30. The fourth-order valence-corrected chi connectivity index (χ4v) is 4.92. The first-order chi connectivity index (χ1) is 16.6. The minimum Gasteiger partial charge on any atom is -0.467 e. The number of carbonyl (C=O) groups is 2. The maximum Gasteiger partial charge on any atom is 0.416 e. The fraction of sp³-hybridized carbons (Fsp3) is 0.538. The van der Waals surface area contributed by atoms with E-state index >= 15 is 0 Å². The summed E-state index contributed by atoms with van der Waals surface area (Å²) < 4.78 is 17.4. The van der Waals surface area contributed by atoms with Gasteiger partial charge in [0.2, 0.25) is 0 Å². The number of alkyl carbamates (subject to hydrolysis) is 1. The number of carbonyl (C=O) groups excluding carboxylic acids is 2. The maximum atomic E-state index is 13.3. The van der Waals surface area contributed by atoms with Crippen LogP contribution in [0.4, 0.5) is 15.4 Å². The molecule has 1 unspecified atom stereocenters. The zero-order valence-corrected chi connectivity index (χ0v) is 23.3. The van der Waals surface area contributed by atoms with Crippen LogP contribution in [0.15, 0.2) is 22.8 Å². The molecule has 3 heterocycles. The molecule has 2 amide bonds. The van der Waals surface area contributed by atoms with Gasteiger partial charge in [0.05, 0.1) is 23.0 Å². The Labute approximate surface area is 216 Å². The molecule has 0 aliphatic carbocycles. The van der Waals surface area contributed by atoms with Crippen molar-refractivity contribution in [3.8, 4) is 0 Å². The maximum absolute atomic E-state index is 13.3. The average Bonchev–Trinajstić information content (AvgIpc) is 3.32. The molecule has 1 atom stereocenters. The normalized spacial score (nSPS) is 12.9. The summed E-state index contributed by atoms with van der Waals surface area (Å²) in [5, 5.41) is 2.89. The summed E-state index contributed by atoms with van der Waals surface area (Å²) in [7, 11) is 0. The molecule has 0 radical (unpaired) electrons. The number of ether oxygens (including phenoxy) is 2. The molecule has 9 nitrogen and oxygen atoms in total. The first kappa shape index (κ1) is 27.4. The summed E-state index contributed by atoms with van der Waals surface area (Å²) in [6.07, 6.45) is 1.16. The molecule has 0 aliphatic rings. The number of fused-ring (bicyclic) bond motifs is 1. The third kappa shape index (κ3) is 7.19. The number of furan rings is 1. The van der Waals surface area contributed by atoms with Crippen LogP contribution >= 0.6 is 11.3 Å². The molecule has 0 aliphatic heterocycles. The summed E-state index contributed by atoms with van der Waals surface area (Å²) in [4.78, 5) is 37.4. The van der Waals surface area contributed by atoms with Gasteiger partial charge in [-0.25, -0.2) is 19.6 Å². The van der Waals surface area contributed by atoms with Crippen molar-refractivity contribution in [3.05, 3.63) is 40.4 Å². The van der Waals surface area contributed by atoms with Gasteiger partial charge in [0.1, 0.15) is 22.8 Å². The zero-order valence-electron chi connectivity index (χ0n) is 22.5. The lowest BCUT2D eigenvalue weighted by molar-refractivity contribution is 0.0506. The van der Waals surface area contributed by atoms with Crippen molar-refractivity contribution in [2.24, 2.45) is 0 Å². The number of rotatable bonds is 6. The smallest absolute Gasteiger partial charge is 0.416 e. The van der Waals surface area contributed by atoms with E-state index < -0.39 is 23.4 Å². The largest absolute Gasteiger partial charge is 0.467 e. The Hall–Kier alpha value is -3.14. The lowest BCUT2D eigenvalue weighted by Crippen LogP contribution is -2.38. The van der Waals surface area contributed by atoms with Crippen molar-refractivity contribution in [1.29, 1.82) is 0 Å². The highest BCUT2D eigenvalue weighted by Crippen LogP contribution is 2.37. The third-order valence-corrected chi connectivity index (χ3v) is 6.28. The Morgan fingerprint density at radius 2 is 1.78 bits per heavy atom. The van der Waals surface area contributed by atoms with Crippen molar-refractivity contribution < 1.29 is 23.5 Å². The van der Waals surface area contributed by atoms with Crippen molar-refractivity contribution >= 4 is 39.6 Å². The van der Waals surface area contributed by atoms with Crippen LogP contribution in [-0.2, 0) is 22.4 Å². The number of hydrogen-bond donors (Lipinski definition) is 1. The number of anilines is 1. The molecule has 0 spiro atoms. The van der Waals surface area contributed by atoms with E-state index in [1.54, 1.807) is 25.3 Å². The minimum atomic E-state index is -0.682. The third-order valence-electron chi connectivity index (χ3n) is 4.98. The van der Waals surface area contributed by atoms with Crippen molar-refractivity contribution in [2.45, 2.75) is 92.5 Å². The summed E-state index contributed by atoms with van der Waals surface area (Å²) in [6, 6.07) is 3.40. The lowest BCUT2D eigenvalue weighted by Gasteiger charge is -2.26. The van der Waals surface area contributed by atoms with E-state index in [9.17, 15) is 9.59 Å². The number of thiophene rings is 1. The second kappa shape index (κ2) is 10.5. The standard InChI is InChI=1S/C26H36N4O5S/c1-15(27-23(31)34-25(4,5)6)13-19-16(2)20-21(36-19)22(29-17(3)28-20)30(14-18-11-10-12-33-18)24(32)35-26(7,8)9/h10-12,15H,13-14H2,1-9H3,(H,27,31). The van der Waals surface area contributed by atoms with Crippen LogP contribution in [0.1, 0.15) is 70.5 Å². The molecular weight excluding hydrogens is 480 g/mol. The first-order valence-corrected chi connectivity index (χ1v) is 12.7. The van der Waals surface area contributed by atoms with Crippen molar-refractivity contribution in [2.75, 3.05) is 4.90 Å². The number of aryl methyl sites for hydroxylation is 2. The summed E-state index contributed by atoms with van der Waals surface area (Å²) in [5.74, 6) is 1.61. The van der Waals surface area contributed by atoms with Gasteiger partial charge in [-0.2, -0.15) is 0 Å². The highest BCUT2D eigenvalue weighted by molar-refractivity contribution is 7.19. The Morgan fingerprint density at radius 3 is 2.36 bits per heavy atom. The molecule has 10 heteroatoms. The van der Waals surface area contributed by atoms with Gasteiger partial charge in [-0.05, 0) is 80.0 Å². The van der Waals surface area contributed by atoms with Crippen LogP contribution < -0.4 is 10.2 Å². The molecule has 0 bridgehead atoms. The van der Waals surface area contributed by atoms with E-state index in [2.05, 4.69) is 15.3 Å². The van der Waals surface area contributed by atoms with E-state index in [0.29, 0.717) is 23.8 Å². The molecular formula is C26H36N4O5S. The van der Waals surface area contributed by atoms with Gasteiger partial charge >= 0.3 is 12.2 Å². The Balaban J connectivity index is 1.98. The molecule has 36 heavy (non-hydrogen) atoms. The zero-order chi connectivity index (χ0) is 26.8. The topological polar surface area (TPSA) is 107 Å². The van der Waals surface area contributed by atoms with Gasteiger partial charge in [0.15, 0.2) is 5.82 Å². The van der Waals surface area contributed by atoms with Gasteiger partial charge in [-0.15, -0.1) is 11.3 Å². The molecule has 3 aromatic heterocycles. The van der Waals surface area contributed by atoms with Crippen LogP contribution in [0.25, 0.3) is 10.2 Å². The number of nitrogens with one attached hydrogen (secondary N) is 1. The number of aromatic nitrogens is 2. The van der Waals surface area contributed by atoms with E-state index in [1.807, 2.05) is 55.4 Å². The molecule has 0 saturated heterocycles. The highest BCUT2D eigenvalue weighted by Gasteiger charge is 2.29. The van der Waals surface area contributed by atoms with Gasteiger partial charge in [0.25, 0.3) is 0 Å². The van der Waals surface area contributed by atoms with Crippen LogP contribution in [0.5, 0.6) is 0 Å². The minimum absolute atomic E-state index is 0.163. The van der Waals surface area contributed by atoms with E-state index in [1.165, 1.54) is 16.2 Å². The Morgan fingerprint density at radius 1 is 1.11 bits per heavy atom. The summed E-state index contributed by atoms with van der Waals surface area (Å²) in [6.45, 7) is 16.8. The molecule has 3 aromatic rings. The van der Waals surface area contributed by atoms with Gasteiger partial charge in [-0.3, -0.25) is 4.90 Å². The van der Waals surface area contributed by atoms with Gasteiger partial charge < -0.3 is 19.2 Å². The van der Waals surface area contributed by atoms with Crippen LogP contribution in [-0.4, -0.2) is 39.4 Å². The SMILES string of the molecule is Cc1nc(N(Cc2ccco2)C(=O)OC(C)(C)C)c2sc(CC(C)NC(=O)OC(C)(C)C)c(C)c2n1. The fourth-order valence-electron chi connectivity index (χ4n) is 3.54. The van der Waals surface area contributed by atoms with Gasteiger partial charge in [0, 0.05) is 17.3 Å².